The molecule has 1 saturated carbocycles. The highest BCUT2D eigenvalue weighted by molar-refractivity contribution is 7.11. The normalized spacial score (nSPS) is 12.1. The summed E-state index contributed by atoms with van der Waals surface area (Å²) in [4.78, 5) is 9.85. The van der Waals surface area contributed by atoms with Crippen molar-refractivity contribution in [1.29, 1.82) is 0 Å². The Morgan fingerprint density at radius 2 is 1.85 bits per heavy atom. The van der Waals surface area contributed by atoms with Crippen molar-refractivity contribution < 1.29 is 9.18 Å². The van der Waals surface area contributed by atoms with Crippen molar-refractivity contribution in [3.63, 3.8) is 0 Å². The van der Waals surface area contributed by atoms with Crippen LogP contribution >= 0.6 is 11.3 Å². The minimum absolute atomic E-state index is 0. The van der Waals surface area contributed by atoms with Gasteiger partial charge in [0.1, 0.15) is 0 Å². The molecule has 0 bridgehead atoms. The summed E-state index contributed by atoms with van der Waals surface area (Å²) in [7, 11) is 1.84. The molecule has 0 atom stereocenters. The number of amides is 1. The van der Waals surface area contributed by atoms with Crippen molar-refractivity contribution >= 4 is 35.6 Å². The highest BCUT2D eigenvalue weighted by Gasteiger charge is 2.26. The molecule has 2 aromatic rings. The lowest BCUT2D eigenvalue weighted by atomic mass is 10.0. The van der Waals surface area contributed by atoms with Crippen LogP contribution < -0.4 is 22.1 Å². The largest absolute Gasteiger partial charge is 0.314 e. The van der Waals surface area contributed by atoms with E-state index in [1.165, 1.54) is 24.5 Å². The Labute approximate surface area is 165 Å². The van der Waals surface area contributed by atoms with Crippen molar-refractivity contribution in [3.8, 4) is 0 Å². The van der Waals surface area contributed by atoms with E-state index in [9.17, 15) is 4.39 Å². The number of halogens is 1. The van der Waals surface area contributed by atoms with Crippen LogP contribution in [0.15, 0.2) is 30.3 Å². The van der Waals surface area contributed by atoms with Crippen LogP contribution in [0.5, 0.6) is 0 Å². The highest BCUT2D eigenvalue weighted by atomic mass is 32.1. The molecule has 150 valence electrons. The van der Waals surface area contributed by atoms with Gasteiger partial charge >= 0.3 is 0 Å². The predicted octanol–water partition coefficient (Wildman–Crippen LogP) is 4.51. The van der Waals surface area contributed by atoms with E-state index in [1.807, 2.05) is 33.0 Å². The molecule has 0 saturated heterocycles. The van der Waals surface area contributed by atoms with E-state index in [4.69, 9.17) is 10.6 Å². The Kier molecular flexibility index (Phi) is 12.0. The number of nitrogens with one attached hydrogen (secondary N) is 1. The second-order valence-corrected chi connectivity index (χ2v) is 6.49. The second-order valence-electron chi connectivity index (χ2n) is 5.42. The van der Waals surface area contributed by atoms with Crippen LogP contribution in [0.3, 0.4) is 0 Å². The molecule has 1 aliphatic rings. The third-order valence-electron chi connectivity index (χ3n) is 3.59. The third kappa shape index (κ3) is 7.90. The van der Waals surface area contributed by atoms with Gasteiger partial charge in [0.25, 0.3) is 0 Å². The number of hydrogen-bond acceptors (Lipinski definition) is 5. The SMILES string of the molecule is C.CC.CN(N)c1cccc(C2CC2)c1/C=C/c1ccc(F)s1.NNC=O. The van der Waals surface area contributed by atoms with Crippen molar-refractivity contribution in [3.05, 3.63) is 51.5 Å². The fourth-order valence-corrected chi connectivity index (χ4v) is 3.03. The van der Waals surface area contributed by atoms with Gasteiger partial charge < -0.3 is 5.01 Å². The van der Waals surface area contributed by atoms with Crippen LogP contribution in [0.4, 0.5) is 10.1 Å². The van der Waals surface area contributed by atoms with E-state index in [-0.39, 0.29) is 12.6 Å². The van der Waals surface area contributed by atoms with Crippen molar-refractivity contribution in [1.82, 2.24) is 5.43 Å². The number of hydrogen-bond donors (Lipinski definition) is 3. The quantitative estimate of drug-likeness (QED) is 0.301. The standard InChI is InChI=1S/C16H17FN2S.C2H6.CH4N2O.CH4/c1-19(18)15-4-2-3-13(11-5-6-11)14(15)9-7-12-8-10-16(17)20-12;1-2;2-3-1-4;/h2-4,7-11H,5-6,18H2,1H3;1-2H3;1H,2H2,(H,3,4);1H4/b9-7+;;;. The minimum Gasteiger partial charge on any atom is -0.314 e. The van der Waals surface area contributed by atoms with Crippen LogP contribution in [-0.2, 0) is 4.79 Å². The Morgan fingerprint density at radius 3 is 2.30 bits per heavy atom. The maximum atomic E-state index is 13.0. The van der Waals surface area contributed by atoms with Gasteiger partial charge in [-0.2, -0.15) is 4.39 Å². The van der Waals surface area contributed by atoms with Gasteiger partial charge in [-0.25, -0.2) is 11.7 Å². The van der Waals surface area contributed by atoms with Gasteiger partial charge in [0, 0.05) is 17.5 Å². The first kappa shape index (κ1) is 24.8. The molecule has 27 heavy (non-hydrogen) atoms. The number of nitrogens with two attached hydrogens (primary N) is 2. The van der Waals surface area contributed by atoms with Gasteiger partial charge in [0.05, 0.1) is 5.69 Å². The number of hydrazine groups is 2. The molecule has 5 nitrogen and oxygen atoms in total. The van der Waals surface area contributed by atoms with E-state index in [1.54, 1.807) is 16.5 Å². The average molecular weight is 395 g/mol. The summed E-state index contributed by atoms with van der Waals surface area (Å²) in [6.07, 6.45) is 6.90. The fraction of sp³-hybridized carbons (Fsp3) is 0.350. The number of thiophene rings is 1. The maximum Gasteiger partial charge on any atom is 0.221 e. The first-order chi connectivity index (χ1) is 12.6. The lowest BCUT2D eigenvalue weighted by Crippen LogP contribution is -2.26. The molecule has 5 N–H and O–H groups in total. The average Bonchev–Trinajstić information content (AvgIpc) is 3.43. The number of benzene rings is 1. The van der Waals surface area contributed by atoms with Gasteiger partial charge in [0.2, 0.25) is 6.41 Å². The summed E-state index contributed by atoms with van der Waals surface area (Å²) in [6.45, 7) is 4.00. The van der Waals surface area contributed by atoms with E-state index >= 15 is 0 Å². The van der Waals surface area contributed by atoms with Crippen LogP contribution in [0.2, 0.25) is 0 Å². The molecule has 1 aliphatic carbocycles. The Morgan fingerprint density at radius 1 is 1.22 bits per heavy atom. The lowest BCUT2D eigenvalue weighted by molar-refractivity contribution is -0.109. The molecule has 1 heterocycles. The van der Waals surface area contributed by atoms with Crippen LogP contribution in [0.25, 0.3) is 12.2 Å². The molecule has 0 spiro atoms. The molecule has 0 aliphatic heterocycles. The fourth-order valence-electron chi connectivity index (χ4n) is 2.39. The van der Waals surface area contributed by atoms with Gasteiger partial charge in [-0.15, -0.1) is 11.3 Å². The molecular formula is C20H31FN4OS. The Balaban J connectivity index is 0.000000861. The van der Waals surface area contributed by atoms with E-state index in [2.05, 4.69) is 24.1 Å². The molecule has 0 unspecified atom stereocenters. The first-order valence-corrected chi connectivity index (χ1v) is 9.33. The molecule has 0 radical (unpaired) electrons. The lowest BCUT2D eigenvalue weighted by Gasteiger charge is -2.18. The molecule has 1 aromatic carbocycles. The van der Waals surface area contributed by atoms with Crippen LogP contribution in [0.1, 0.15) is 56.0 Å². The molecule has 1 amide bonds. The maximum absolute atomic E-state index is 13.0. The second kappa shape index (κ2) is 13.0. The summed E-state index contributed by atoms with van der Waals surface area (Å²) in [5, 5.41) is 1.48. The van der Waals surface area contributed by atoms with E-state index < -0.39 is 0 Å². The Hall–Kier alpha value is -2.22. The summed E-state index contributed by atoms with van der Waals surface area (Å²) in [6, 6.07) is 9.52. The summed E-state index contributed by atoms with van der Waals surface area (Å²) in [5.74, 6) is 11.0. The third-order valence-corrected chi connectivity index (χ3v) is 4.43. The van der Waals surface area contributed by atoms with Gasteiger partial charge in [-0.1, -0.05) is 39.5 Å². The van der Waals surface area contributed by atoms with Crippen molar-refractivity contribution in [2.24, 2.45) is 11.7 Å². The smallest absolute Gasteiger partial charge is 0.221 e. The first-order valence-electron chi connectivity index (χ1n) is 8.51. The number of rotatable bonds is 5. The Bertz CT molecular complexity index is 692. The molecule has 1 fully saturated rings. The highest BCUT2D eigenvalue weighted by Crippen LogP contribution is 2.44. The molecule has 7 heteroatoms. The van der Waals surface area contributed by atoms with Gasteiger partial charge in [0.15, 0.2) is 5.13 Å². The topological polar surface area (TPSA) is 84.4 Å². The number of nitrogens with zero attached hydrogens (tertiary/aromatic N) is 1. The number of anilines is 1. The monoisotopic (exact) mass is 394 g/mol. The zero-order chi connectivity index (χ0) is 19.5. The van der Waals surface area contributed by atoms with E-state index in [0.717, 1.165) is 27.5 Å². The van der Waals surface area contributed by atoms with Crippen molar-refractivity contribution in [2.75, 3.05) is 12.1 Å². The molecular weight excluding hydrogens is 363 g/mol. The summed E-state index contributed by atoms with van der Waals surface area (Å²) >= 11 is 1.15. The zero-order valence-electron chi connectivity index (χ0n) is 15.4. The van der Waals surface area contributed by atoms with Crippen molar-refractivity contribution in [2.45, 2.75) is 40.0 Å². The van der Waals surface area contributed by atoms with Crippen LogP contribution in [-0.4, -0.2) is 13.5 Å². The molecule has 1 aromatic heterocycles. The van der Waals surface area contributed by atoms with Crippen LogP contribution in [0, 0.1) is 5.13 Å². The minimum atomic E-state index is -0.156. The van der Waals surface area contributed by atoms with Gasteiger partial charge in [-0.3, -0.25) is 10.2 Å². The summed E-state index contributed by atoms with van der Waals surface area (Å²) in [5.41, 5.74) is 5.24. The predicted molar refractivity (Wildman–Crippen MR) is 116 cm³/mol. The number of carbonyl (C=O) groups is 1. The van der Waals surface area contributed by atoms with E-state index in [0.29, 0.717) is 12.3 Å². The number of carbonyl (C=O) groups excluding carboxylic acids is 1. The summed E-state index contributed by atoms with van der Waals surface area (Å²) < 4.78 is 13.0. The van der Waals surface area contributed by atoms with Gasteiger partial charge in [-0.05, 0) is 48.6 Å². The zero-order valence-corrected chi connectivity index (χ0v) is 16.2. The molecule has 3 rings (SSSR count).